The number of carboxylic acids is 1. The summed E-state index contributed by atoms with van der Waals surface area (Å²) in [4.78, 5) is 29.3. The van der Waals surface area contributed by atoms with E-state index < -0.39 is 5.97 Å². The van der Waals surface area contributed by atoms with Crippen molar-refractivity contribution >= 4 is 39.0 Å². The van der Waals surface area contributed by atoms with Crippen molar-refractivity contribution in [1.82, 2.24) is 9.66 Å². The number of benzene rings is 2. The number of carbonyl (C=O) groups is 1. The molecule has 8 heteroatoms. The fourth-order valence-corrected chi connectivity index (χ4v) is 3.96. The highest BCUT2D eigenvalue weighted by Gasteiger charge is 2.16. The van der Waals surface area contributed by atoms with Gasteiger partial charge in [-0.05, 0) is 55.3 Å². The lowest BCUT2D eigenvalue weighted by molar-refractivity contribution is 0.0696. The van der Waals surface area contributed by atoms with Crippen LogP contribution in [0.1, 0.15) is 53.7 Å². The van der Waals surface area contributed by atoms with E-state index in [0.717, 1.165) is 10.9 Å². The Morgan fingerprint density at radius 2 is 2.06 bits per heavy atom. The van der Waals surface area contributed by atoms with Gasteiger partial charge in [0.05, 0.1) is 22.7 Å². The zero-order chi connectivity index (χ0) is 23.7. The second kappa shape index (κ2) is 9.15. The Labute approximate surface area is 198 Å². The molecule has 0 spiro atoms. The van der Waals surface area contributed by atoms with Crippen LogP contribution in [0, 0.1) is 6.92 Å². The van der Waals surface area contributed by atoms with Crippen molar-refractivity contribution < 1.29 is 14.3 Å². The summed E-state index contributed by atoms with van der Waals surface area (Å²) >= 11 is 3.41. The molecule has 7 nitrogen and oxygen atoms in total. The number of aromatic nitrogens is 2. The summed E-state index contributed by atoms with van der Waals surface area (Å²) in [6.07, 6.45) is 2.27. The van der Waals surface area contributed by atoms with Crippen molar-refractivity contribution in [2.45, 2.75) is 33.1 Å². The highest BCUT2D eigenvalue weighted by atomic mass is 79.9. The second-order valence-electron chi connectivity index (χ2n) is 7.79. The Morgan fingerprint density at radius 3 is 2.79 bits per heavy atom. The highest BCUT2D eigenvalue weighted by molar-refractivity contribution is 9.10. The molecular formula is C25H22BrN3O4. The van der Waals surface area contributed by atoms with Crippen LogP contribution in [0.5, 0.6) is 0 Å². The summed E-state index contributed by atoms with van der Waals surface area (Å²) in [7, 11) is 0. The maximum Gasteiger partial charge on any atom is 0.335 e. The molecule has 4 rings (SSSR count). The molecular weight excluding hydrogens is 486 g/mol. The van der Waals surface area contributed by atoms with Gasteiger partial charge in [0.2, 0.25) is 0 Å². The lowest BCUT2D eigenvalue weighted by Crippen LogP contribution is -2.23. The smallest absolute Gasteiger partial charge is 0.335 e. The zero-order valence-electron chi connectivity index (χ0n) is 18.4. The molecule has 1 atom stereocenters. The summed E-state index contributed by atoms with van der Waals surface area (Å²) in [6, 6.07) is 13.9. The number of carboxylic acid groups (broad SMARTS) is 1. The first-order chi connectivity index (χ1) is 15.8. The number of furan rings is 1. The minimum atomic E-state index is -0.991. The first kappa shape index (κ1) is 22.7. The normalized spacial score (nSPS) is 12.5. The van der Waals surface area contributed by atoms with E-state index >= 15 is 0 Å². The third kappa shape index (κ3) is 4.39. The second-order valence-corrected chi connectivity index (χ2v) is 8.70. The minimum absolute atomic E-state index is 0.0245. The fourth-order valence-electron chi connectivity index (χ4n) is 3.59. The molecule has 1 N–H and O–H groups in total. The summed E-state index contributed by atoms with van der Waals surface area (Å²) in [5.74, 6) is 0.561. The molecule has 0 saturated heterocycles. The minimum Gasteiger partial charge on any atom is -0.478 e. The van der Waals surface area contributed by atoms with Crippen LogP contribution in [0.4, 0.5) is 0 Å². The first-order valence-electron chi connectivity index (χ1n) is 10.5. The fraction of sp³-hybridized carbons (Fsp3) is 0.200. The summed E-state index contributed by atoms with van der Waals surface area (Å²) in [5.41, 5.74) is 1.88. The Kier molecular flexibility index (Phi) is 6.29. The number of fused-ring (bicyclic) bond motifs is 1. The van der Waals surface area contributed by atoms with Crippen molar-refractivity contribution in [2.75, 3.05) is 0 Å². The van der Waals surface area contributed by atoms with Gasteiger partial charge in [0, 0.05) is 16.0 Å². The first-order valence-corrected chi connectivity index (χ1v) is 11.3. The van der Waals surface area contributed by atoms with Gasteiger partial charge in [-0.3, -0.25) is 4.79 Å². The van der Waals surface area contributed by atoms with Crippen LogP contribution in [0.25, 0.3) is 22.2 Å². The number of aromatic carboxylic acids is 1. The van der Waals surface area contributed by atoms with Gasteiger partial charge < -0.3 is 9.52 Å². The summed E-state index contributed by atoms with van der Waals surface area (Å²) < 4.78 is 8.00. The average Bonchev–Trinajstić information content (AvgIpc) is 3.26. The lowest BCUT2D eigenvalue weighted by Gasteiger charge is -2.13. The Balaban J connectivity index is 1.76. The largest absolute Gasteiger partial charge is 0.478 e. The number of hydrogen-bond donors (Lipinski definition) is 1. The summed E-state index contributed by atoms with van der Waals surface area (Å²) in [6.45, 7) is 5.77. The van der Waals surface area contributed by atoms with Gasteiger partial charge in [0.25, 0.3) is 5.56 Å². The predicted octanol–water partition coefficient (Wildman–Crippen LogP) is 5.82. The molecule has 2 aromatic heterocycles. The number of halogens is 1. The van der Waals surface area contributed by atoms with E-state index in [9.17, 15) is 14.7 Å². The van der Waals surface area contributed by atoms with Crippen molar-refractivity contribution in [3.63, 3.8) is 0 Å². The molecule has 0 unspecified atom stereocenters. The van der Waals surface area contributed by atoms with Crippen molar-refractivity contribution in [3.8, 4) is 11.3 Å². The quantitative estimate of drug-likeness (QED) is 0.331. The van der Waals surface area contributed by atoms with Crippen molar-refractivity contribution in [1.29, 1.82) is 0 Å². The van der Waals surface area contributed by atoms with E-state index in [1.165, 1.54) is 10.9 Å². The van der Waals surface area contributed by atoms with Crippen LogP contribution in [0.3, 0.4) is 0 Å². The molecule has 0 bridgehead atoms. The SMILES string of the molecule is CC[C@H](C)c1nc2ccc(Br)cc2c(=O)n1N=Cc1ccc(-c2cccc(C(=O)O)c2C)o1. The van der Waals surface area contributed by atoms with Gasteiger partial charge >= 0.3 is 5.97 Å². The van der Waals surface area contributed by atoms with E-state index in [-0.39, 0.29) is 17.0 Å². The van der Waals surface area contributed by atoms with Crippen LogP contribution < -0.4 is 5.56 Å². The molecule has 2 heterocycles. The molecule has 0 amide bonds. The number of nitrogens with zero attached hydrogens (tertiary/aromatic N) is 3. The molecule has 33 heavy (non-hydrogen) atoms. The molecule has 0 aliphatic carbocycles. The molecule has 4 aromatic rings. The monoisotopic (exact) mass is 507 g/mol. The molecule has 168 valence electrons. The van der Waals surface area contributed by atoms with Gasteiger partial charge in [0.1, 0.15) is 17.3 Å². The Bertz CT molecular complexity index is 1450. The molecule has 0 aliphatic rings. The van der Waals surface area contributed by atoms with E-state index in [2.05, 4.69) is 21.0 Å². The third-order valence-corrected chi connectivity index (χ3v) is 6.14. The van der Waals surface area contributed by atoms with E-state index in [1.807, 2.05) is 26.0 Å². The molecule has 0 fully saturated rings. The van der Waals surface area contributed by atoms with Gasteiger partial charge in [0.15, 0.2) is 0 Å². The molecule has 0 aliphatic heterocycles. The maximum absolute atomic E-state index is 13.2. The van der Waals surface area contributed by atoms with Crippen LogP contribution >= 0.6 is 15.9 Å². The average molecular weight is 508 g/mol. The van der Waals surface area contributed by atoms with Crippen LogP contribution in [0.15, 0.2) is 67.3 Å². The standard InChI is InChI=1S/C25H22BrN3O4/c1-4-14(2)23-28-21-10-8-16(26)12-20(21)24(30)29(23)27-13-17-9-11-22(33-17)18-6-5-7-19(15(18)3)25(31)32/h5-14H,4H2,1-3H3,(H,31,32)/t14-/m0/s1. The molecule has 2 aromatic carbocycles. The van der Waals surface area contributed by atoms with Gasteiger partial charge in [-0.2, -0.15) is 9.78 Å². The molecule has 0 radical (unpaired) electrons. The summed E-state index contributed by atoms with van der Waals surface area (Å²) in [5, 5.41) is 14.2. The third-order valence-electron chi connectivity index (χ3n) is 5.64. The van der Waals surface area contributed by atoms with Crippen LogP contribution in [0.2, 0.25) is 0 Å². The molecule has 0 saturated carbocycles. The Morgan fingerprint density at radius 1 is 1.27 bits per heavy atom. The lowest BCUT2D eigenvalue weighted by atomic mass is 10.0. The zero-order valence-corrected chi connectivity index (χ0v) is 20.0. The number of hydrogen-bond acceptors (Lipinski definition) is 5. The van der Waals surface area contributed by atoms with Crippen LogP contribution in [-0.4, -0.2) is 27.0 Å². The number of rotatable bonds is 6. The van der Waals surface area contributed by atoms with Crippen molar-refractivity contribution in [3.05, 3.63) is 86.1 Å². The highest BCUT2D eigenvalue weighted by Crippen LogP contribution is 2.27. The van der Waals surface area contributed by atoms with E-state index in [1.54, 1.807) is 43.3 Å². The van der Waals surface area contributed by atoms with Crippen molar-refractivity contribution in [2.24, 2.45) is 5.10 Å². The maximum atomic E-state index is 13.2. The van der Waals surface area contributed by atoms with Crippen LogP contribution in [-0.2, 0) is 0 Å². The van der Waals surface area contributed by atoms with Gasteiger partial charge in [-0.1, -0.05) is 41.9 Å². The predicted molar refractivity (Wildman–Crippen MR) is 131 cm³/mol. The van der Waals surface area contributed by atoms with Gasteiger partial charge in [-0.15, -0.1) is 0 Å². The Hall–Kier alpha value is -3.52. The van der Waals surface area contributed by atoms with E-state index in [0.29, 0.717) is 39.4 Å². The van der Waals surface area contributed by atoms with E-state index in [4.69, 9.17) is 9.40 Å². The topological polar surface area (TPSA) is 97.7 Å². The van der Waals surface area contributed by atoms with Gasteiger partial charge in [-0.25, -0.2) is 9.78 Å².